The van der Waals surface area contributed by atoms with Crippen LogP contribution >= 0.6 is 27.5 Å². The van der Waals surface area contributed by atoms with E-state index < -0.39 is 11.4 Å². The van der Waals surface area contributed by atoms with Gasteiger partial charge in [0, 0.05) is 10.0 Å². The second-order valence-electron chi connectivity index (χ2n) is 3.44. The highest BCUT2D eigenvalue weighted by Crippen LogP contribution is 2.26. The maximum Gasteiger partial charge on any atom is 0.287 e. The number of hydrogen-bond acceptors (Lipinski definition) is 2. The van der Waals surface area contributed by atoms with Gasteiger partial charge in [-0.05, 0) is 35.0 Å². The molecule has 0 radical (unpaired) electrons. The van der Waals surface area contributed by atoms with E-state index in [1.54, 1.807) is 18.2 Å². The number of H-pyrrole nitrogens is 1. The van der Waals surface area contributed by atoms with Gasteiger partial charge in [-0.2, -0.15) is 4.39 Å². The molecular formula is C11H7BrClFN2O. The lowest BCUT2D eigenvalue weighted by molar-refractivity contribution is 0.589. The van der Waals surface area contributed by atoms with E-state index in [9.17, 15) is 9.18 Å². The lowest BCUT2D eigenvalue weighted by atomic mass is 10.2. The predicted octanol–water partition coefficient (Wildman–Crippen LogP) is 3.30. The van der Waals surface area contributed by atoms with Crippen LogP contribution in [0.5, 0.6) is 0 Å². The Morgan fingerprint density at radius 2 is 2.18 bits per heavy atom. The molecule has 0 aliphatic heterocycles. The zero-order valence-corrected chi connectivity index (χ0v) is 11.1. The first kappa shape index (κ1) is 12.3. The first-order chi connectivity index (χ1) is 7.99. The largest absolute Gasteiger partial charge is 0.304 e. The molecule has 1 aromatic heterocycles. The Morgan fingerprint density at radius 1 is 1.47 bits per heavy atom. The van der Waals surface area contributed by atoms with E-state index >= 15 is 0 Å². The van der Waals surface area contributed by atoms with Crippen molar-refractivity contribution in [2.24, 2.45) is 0 Å². The van der Waals surface area contributed by atoms with Crippen LogP contribution in [0, 0.1) is 12.7 Å². The van der Waals surface area contributed by atoms with Crippen LogP contribution in [0.2, 0.25) is 5.02 Å². The molecule has 0 amide bonds. The average Bonchev–Trinajstić information content (AvgIpc) is 2.29. The van der Waals surface area contributed by atoms with Crippen molar-refractivity contribution >= 4 is 27.5 Å². The minimum atomic E-state index is -0.864. The molecule has 0 saturated heterocycles. The lowest BCUT2D eigenvalue weighted by Gasteiger charge is -2.04. The summed E-state index contributed by atoms with van der Waals surface area (Å²) >= 11 is 9.19. The van der Waals surface area contributed by atoms with Gasteiger partial charge >= 0.3 is 0 Å². The summed E-state index contributed by atoms with van der Waals surface area (Å²) in [6, 6.07) is 5.10. The zero-order valence-electron chi connectivity index (χ0n) is 8.72. The molecule has 2 rings (SSSR count). The van der Waals surface area contributed by atoms with Crippen molar-refractivity contribution in [3.05, 3.63) is 49.6 Å². The standard InChI is InChI=1S/C11H7BrClFN2O/c1-5-9(14)11(17)16-10(15-5)6-2-3-7(12)8(13)4-6/h2-4H,1H3,(H,15,16,17). The Bertz CT molecular complexity index is 642. The van der Waals surface area contributed by atoms with Crippen LogP contribution in [0.25, 0.3) is 11.4 Å². The summed E-state index contributed by atoms with van der Waals surface area (Å²) in [5.74, 6) is -0.569. The summed E-state index contributed by atoms with van der Waals surface area (Å²) in [5, 5.41) is 0.493. The number of aryl methyl sites for hydroxylation is 1. The molecule has 2 aromatic rings. The van der Waals surface area contributed by atoms with Gasteiger partial charge in [0.25, 0.3) is 5.56 Å². The van der Waals surface area contributed by atoms with E-state index in [1.807, 2.05) is 0 Å². The summed E-state index contributed by atoms with van der Waals surface area (Å²) in [4.78, 5) is 17.6. The summed E-state index contributed by atoms with van der Waals surface area (Å²) in [6.07, 6.45) is 0. The quantitative estimate of drug-likeness (QED) is 0.877. The van der Waals surface area contributed by atoms with E-state index in [0.717, 1.165) is 4.47 Å². The number of aromatic amines is 1. The molecule has 88 valence electrons. The van der Waals surface area contributed by atoms with Gasteiger partial charge in [0.15, 0.2) is 0 Å². The molecule has 1 N–H and O–H groups in total. The fourth-order valence-corrected chi connectivity index (χ4v) is 1.78. The van der Waals surface area contributed by atoms with Crippen LogP contribution in [0.1, 0.15) is 5.69 Å². The Kier molecular flexibility index (Phi) is 3.31. The maximum atomic E-state index is 13.1. The monoisotopic (exact) mass is 316 g/mol. The van der Waals surface area contributed by atoms with Gasteiger partial charge in [0.2, 0.25) is 5.82 Å². The van der Waals surface area contributed by atoms with Crippen molar-refractivity contribution in [1.29, 1.82) is 0 Å². The molecule has 1 aromatic carbocycles. The minimum Gasteiger partial charge on any atom is -0.304 e. The van der Waals surface area contributed by atoms with Crippen LogP contribution < -0.4 is 5.56 Å². The Morgan fingerprint density at radius 3 is 2.76 bits per heavy atom. The fraction of sp³-hybridized carbons (Fsp3) is 0.0909. The molecule has 17 heavy (non-hydrogen) atoms. The Hall–Kier alpha value is -1.20. The van der Waals surface area contributed by atoms with Crippen molar-refractivity contribution in [3.8, 4) is 11.4 Å². The number of rotatable bonds is 1. The van der Waals surface area contributed by atoms with E-state index in [2.05, 4.69) is 25.9 Å². The van der Waals surface area contributed by atoms with E-state index in [4.69, 9.17) is 11.6 Å². The SMILES string of the molecule is Cc1nc(-c2ccc(Br)c(Cl)c2)[nH]c(=O)c1F. The summed E-state index contributed by atoms with van der Waals surface area (Å²) < 4.78 is 13.9. The maximum absolute atomic E-state index is 13.1. The number of nitrogens with one attached hydrogen (secondary N) is 1. The number of benzene rings is 1. The van der Waals surface area contributed by atoms with Gasteiger partial charge < -0.3 is 4.98 Å². The van der Waals surface area contributed by atoms with Crippen molar-refractivity contribution in [2.45, 2.75) is 6.92 Å². The number of nitrogens with zero attached hydrogens (tertiary/aromatic N) is 1. The van der Waals surface area contributed by atoms with Gasteiger partial charge in [-0.25, -0.2) is 4.98 Å². The third-order valence-corrected chi connectivity index (χ3v) is 3.45. The molecule has 6 heteroatoms. The van der Waals surface area contributed by atoms with Crippen molar-refractivity contribution in [2.75, 3.05) is 0 Å². The van der Waals surface area contributed by atoms with Gasteiger partial charge in [-0.1, -0.05) is 17.7 Å². The summed E-state index contributed by atoms with van der Waals surface area (Å²) in [5.41, 5.74) is -0.104. The summed E-state index contributed by atoms with van der Waals surface area (Å²) in [6.45, 7) is 1.44. The minimum absolute atomic E-state index is 0.0581. The fourth-order valence-electron chi connectivity index (χ4n) is 1.35. The molecule has 0 aliphatic rings. The van der Waals surface area contributed by atoms with Crippen LogP contribution in [-0.4, -0.2) is 9.97 Å². The number of aromatic nitrogens is 2. The first-order valence-corrected chi connectivity index (χ1v) is 5.88. The molecule has 0 aliphatic carbocycles. The molecule has 0 atom stereocenters. The molecule has 0 saturated carbocycles. The van der Waals surface area contributed by atoms with E-state index in [0.29, 0.717) is 16.4 Å². The van der Waals surface area contributed by atoms with Gasteiger partial charge in [0.05, 0.1) is 10.7 Å². The van der Waals surface area contributed by atoms with Gasteiger partial charge in [-0.3, -0.25) is 4.79 Å². The average molecular weight is 318 g/mol. The molecule has 3 nitrogen and oxygen atoms in total. The number of halogens is 3. The highest BCUT2D eigenvalue weighted by Gasteiger charge is 2.09. The molecule has 0 fully saturated rings. The molecule has 0 spiro atoms. The topological polar surface area (TPSA) is 45.8 Å². The van der Waals surface area contributed by atoms with Crippen LogP contribution in [0.4, 0.5) is 4.39 Å². The normalized spacial score (nSPS) is 10.6. The summed E-state index contributed by atoms with van der Waals surface area (Å²) in [7, 11) is 0. The third kappa shape index (κ3) is 2.40. The number of hydrogen-bond donors (Lipinski definition) is 1. The first-order valence-electron chi connectivity index (χ1n) is 4.71. The van der Waals surface area contributed by atoms with Crippen LogP contribution in [0.3, 0.4) is 0 Å². The van der Waals surface area contributed by atoms with Crippen molar-refractivity contribution < 1.29 is 4.39 Å². The predicted molar refractivity (Wildman–Crippen MR) is 67.7 cm³/mol. The second-order valence-corrected chi connectivity index (χ2v) is 4.70. The molecule has 0 unspecified atom stereocenters. The Labute approximate surface area is 110 Å². The van der Waals surface area contributed by atoms with Crippen LogP contribution in [0.15, 0.2) is 27.5 Å². The molecular weight excluding hydrogens is 310 g/mol. The van der Waals surface area contributed by atoms with Crippen molar-refractivity contribution in [1.82, 2.24) is 9.97 Å². The third-order valence-electron chi connectivity index (χ3n) is 2.22. The van der Waals surface area contributed by atoms with Crippen LogP contribution in [-0.2, 0) is 0 Å². The zero-order chi connectivity index (χ0) is 12.6. The Balaban J connectivity index is 2.61. The van der Waals surface area contributed by atoms with Gasteiger partial charge in [-0.15, -0.1) is 0 Å². The van der Waals surface area contributed by atoms with Gasteiger partial charge in [0.1, 0.15) is 5.82 Å². The highest BCUT2D eigenvalue weighted by atomic mass is 79.9. The van der Waals surface area contributed by atoms with Crippen molar-refractivity contribution in [3.63, 3.8) is 0 Å². The van der Waals surface area contributed by atoms with E-state index in [1.165, 1.54) is 6.92 Å². The van der Waals surface area contributed by atoms with E-state index in [-0.39, 0.29) is 5.69 Å². The lowest BCUT2D eigenvalue weighted by Crippen LogP contribution is -2.15. The molecule has 1 heterocycles. The molecule has 0 bridgehead atoms. The smallest absolute Gasteiger partial charge is 0.287 e. The highest BCUT2D eigenvalue weighted by molar-refractivity contribution is 9.10. The second kappa shape index (κ2) is 4.58.